The van der Waals surface area contributed by atoms with Crippen LogP contribution in [0.25, 0.3) is 0 Å². The monoisotopic (exact) mass is 315 g/mol. The zero-order valence-electron chi connectivity index (χ0n) is 12.3. The van der Waals surface area contributed by atoms with Crippen molar-refractivity contribution < 1.29 is 17.5 Å². The van der Waals surface area contributed by atoms with E-state index in [0.29, 0.717) is 19.0 Å². The van der Waals surface area contributed by atoms with Crippen molar-refractivity contribution in [3.05, 3.63) is 29.6 Å². The standard InChI is InChI=1S/C15H22FNO3S/c1-2-9-21(18,19)10-8-20-15-12(4-3-5-14(15)16)11-17-13-6-7-13/h3-5,13,17H,2,6-11H2,1H3. The lowest BCUT2D eigenvalue weighted by molar-refractivity contribution is 0.317. The van der Waals surface area contributed by atoms with Crippen molar-refractivity contribution in [2.45, 2.75) is 38.8 Å². The van der Waals surface area contributed by atoms with Gasteiger partial charge in [-0.1, -0.05) is 19.1 Å². The average Bonchev–Trinajstić information content (AvgIpc) is 3.22. The van der Waals surface area contributed by atoms with Gasteiger partial charge < -0.3 is 10.1 Å². The highest BCUT2D eigenvalue weighted by Gasteiger charge is 2.21. The fourth-order valence-corrected chi connectivity index (χ4v) is 3.24. The molecule has 6 heteroatoms. The van der Waals surface area contributed by atoms with E-state index in [2.05, 4.69) is 5.32 Å². The van der Waals surface area contributed by atoms with Crippen LogP contribution in [0.3, 0.4) is 0 Å². The van der Waals surface area contributed by atoms with E-state index in [1.807, 2.05) is 6.92 Å². The summed E-state index contributed by atoms with van der Waals surface area (Å²) in [6.45, 7) is 2.34. The van der Waals surface area contributed by atoms with Gasteiger partial charge in [0.1, 0.15) is 6.61 Å². The maximum absolute atomic E-state index is 13.9. The van der Waals surface area contributed by atoms with Gasteiger partial charge in [0.15, 0.2) is 21.4 Å². The smallest absolute Gasteiger partial charge is 0.165 e. The highest BCUT2D eigenvalue weighted by molar-refractivity contribution is 7.91. The van der Waals surface area contributed by atoms with Crippen LogP contribution in [0, 0.1) is 5.82 Å². The van der Waals surface area contributed by atoms with E-state index in [1.54, 1.807) is 12.1 Å². The third kappa shape index (κ3) is 5.28. The Morgan fingerprint density at radius 2 is 2.10 bits per heavy atom. The van der Waals surface area contributed by atoms with Crippen molar-refractivity contribution in [1.29, 1.82) is 0 Å². The number of nitrogens with one attached hydrogen (secondary N) is 1. The number of halogens is 1. The highest BCUT2D eigenvalue weighted by Crippen LogP contribution is 2.25. The zero-order valence-corrected chi connectivity index (χ0v) is 13.1. The van der Waals surface area contributed by atoms with E-state index in [1.165, 1.54) is 6.07 Å². The molecule has 1 aliphatic rings. The quantitative estimate of drug-likeness (QED) is 0.759. The SMILES string of the molecule is CCCS(=O)(=O)CCOc1c(F)cccc1CNC1CC1. The molecule has 0 aliphatic heterocycles. The maximum Gasteiger partial charge on any atom is 0.165 e. The molecule has 1 aliphatic carbocycles. The molecule has 1 saturated carbocycles. The minimum atomic E-state index is -3.11. The van der Waals surface area contributed by atoms with Crippen molar-refractivity contribution in [1.82, 2.24) is 5.32 Å². The molecule has 21 heavy (non-hydrogen) atoms. The summed E-state index contributed by atoms with van der Waals surface area (Å²) in [6, 6.07) is 5.29. The predicted molar refractivity (Wildman–Crippen MR) is 80.7 cm³/mol. The van der Waals surface area contributed by atoms with Gasteiger partial charge in [-0.3, -0.25) is 0 Å². The summed E-state index contributed by atoms with van der Waals surface area (Å²) >= 11 is 0. The summed E-state index contributed by atoms with van der Waals surface area (Å²) < 4.78 is 42.5. The molecule has 4 nitrogen and oxygen atoms in total. The van der Waals surface area contributed by atoms with Crippen molar-refractivity contribution >= 4 is 9.84 Å². The van der Waals surface area contributed by atoms with E-state index in [-0.39, 0.29) is 23.9 Å². The molecule has 0 radical (unpaired) electrons. The van der Waals surface area contributed by atoms with Gasteiger partial charge >= 0.3 is 0 Å². The first-order valence-corrected chi connectivity index (χ1v) is 9.18. The van der Waals surface area contributed by atoms with Crippen molar-refractivity contribution in [3.63, 3.8) is 0 Å². The Bertz CT molecular complexity index is 570. The number of benzene rings is 1. The number of hydrogen-bond acceptors (Lipinski definition) is 4. The molecule has 0 unspecified atom stereocenters. The molecule has 0 aromatic heterocycles. The van der Waals surface area contributed by atoms with Crippen LogP contribution in [-0.2, 0) is 16.4 Å². The van der Waals surface area contributed by atoms with Gasteiger partial charge in [-0.25, -0.2) is 12.8 Å². The molecule has 118 valence electrons. The summed E-state index contributed by atoms with van der Waals surface area (Å²) in [7, 11) is -3.11. The van der Waals surface area contributed by atoms with Gasteiger partial charge in [0.2, 0.25) is 0 Å². The number of ether oxygens (including phenoxy) is 1. The molecule has 1 fully saturated rings. The second-order valence-corrected chi connectivity index (χ2v) is 7.69. The zero-order chi connectivity index (χ0) is 15.3. The molecule has 0 atom stereocenters. The Balaban J connectivity index is 1.94. The normalized spacial score (nSPS) is 15.1. The van der Waals surface area contributed by atoms with Crippen LogP contribution in [0.4, 0.5) is 4.39 Å². The van der Waals surface area contributed by atoms with Crippen LogP contribution in [-0.4, -0.2) is 32.6 Å². The maximum atomic E-state index is 13.9. The Labute approximate surface area is 125 Å². The molecule has 0 bridgehead atoms. The van der Waals surface area contributed by atoms with Crippen LogP contribution in [0.15, 0.2) is 18.2 Å². The van der Waals surface area contributed by atoms with Gasteiger partial charge in [0.25, 0.3) is 0 Å². The first-order chi connectivity index (χ1) is 10.0. The minimum Gasteiger partial charge on any atom is -0.489 e. The number of hydrogen-bond donors (Lipinski definition) is 1. The van der Waals surface area contributed by atoms with Crippen LogP contribution >= 0.6 is 0 Å². The molecule has 0 spiro atoms. The van der Waals surface area contributed by atoms with E-state index < -0.39 is 15.7 Å². The van der Waals surface area contributed by atoms with Crippen molar-refractivity contribution in [2.75, 3.05) is 18.1 Å². The molecular weight excluding hydrogens is 293 g/mol. The number of sulfone groups is 1. The lowest BCUT2D eigenvalue weighted by atomic mass is 10.2. The van der Waals surface area contributed by atoms with Gasteiger partial charge in [-0.15, -0.1) is 0 Å². The molecule has 1 aromatic rings. The van der Waals surface area contributed by atoms with Gasteiger partial charge in [0, 0.05) is 18.2 Å². The Morgan fingerprint density at radius 1 is 1.33 bits per heavy atom. The van der Waals surface area contributed by atoms with Crippen LogP contribution in [0.5, 0.6) is 5.75 Å². The first kappa shape index (κ1) is 16.2. The summed E-state index contributed by atoms with van der Waals surface area (Å²) in [5.74, 6) is -0.218. The molecule has 0 saturated heterocycles. The molecule has 0 heterocycles. The molecule has 2 rings (SSSR count). The summed E-state index contributed by atoms with van der Waals surface area (Å²) in [5.41, 5.74) is 0.731. The van der Waals surface area contributed by atoms with E-state index in [0.717, 1.165) is 18.4 Å². The minimum absolute atomic E-state index is 0.0142. The third-order valence-electron chi connectivity index (χ3n) is 3.36. The fourth-order valence-electron chi connectivity index (χ4n) is 2.08. The molecule has 0 amide bonds. The van der Waals surface area contributed by atoms with E-state index >= 15 is 0 Å². The first-order valence-electron chi connectivity index (χ1n) is 7.36. The number of rotatable bonds is 9. The van der Waals surface area contributed by atoms with Crippen molar-refractivity contribution in [3.8, 4) is 5.75 Å². The van der Waals surface area contributed by atoms with Gasteiger partial charge in [-0.2, -0.15) is 0 Å². The average molecular weight is 315 g/mol. The highest BCUT2D eigenvalue weighted by atomic mass is 32.2. The Morgan fingerprint density at radius 3 is 2.76 bits per heavy atom. The third-order valence-corrected chi connectivity index (χ3v) is 5.18. The fraction of sp³-hybridized carbons (Fsp3) is 0.600. The molecular formula is C15H22FNO3S. The molecule has 1 N–H and O–H groups in total. The van der Waals surface area contributed by atoms with E-state index in [4.69, 9.17) is 4.74 Å². The van der Waals surface area contributed by atoms with Gasteiger partial charge in [-0.05, 0) is 25.3 Å². The summed E-state index contributed by atoms with van der Waals surface area (Å²) in [6.07, 6.45) is 2.89. The van der Waals surface area contributed by atoms with Crippen LogP contribution in [0.1, 0.15) is 31.7 Å². The van der Waals surface area contributed by atoms with Crippen LogP contribution in [0.2, 0.25) is 0 Å². The molecule has 1 aromatic carbocycles. The predicted octanol–water partition coefficient (Wildman–Crippen LogP) is 2.28. The number of para-hydroxylation sites is 1. The van der Waals surface area contributed by atoms with Crippen molar-refractivity contribution in [2.24, 2.45) is 0 Å². The lowest BCUT2D eigenvalue weighted by Gasteiger charge is -2.13. The Hall–Kier alpha value is -1.14. The lowest BCUT2D eigenvalue weighted by Crippen LogP contribution is -2.19. The summed E-state index contributed by atoms with van der Waals surface area (Å²) in [4.78, 5) is 0. The second kappa shape index (κ2) is 7.22. The van der Waals surface area contributed by atoms with Gasteiger partial charge in [0.05, 0.1) is 11.5 Å². The van der Waals surface area contributed by atoms with Crippen LogP contribution < -0.4 is 10.1 Å². The van der Waals surface area contributed by atoms with E-state index in [9.17, 15) is 12.8 Å². The Kier molecular flexibility index (Phi) is 5.58. The topological polar surface area (TPSA) is 55.4 Å². The largest absolute Gasteiger partial charge is 0.489 e. The summed E-state index contributed by atoms with van der Waals surface area (Å²) in [5, 5.41) is 3.30. The second-order valence-electron chi connectivity index (χ2n) is 5.38.